The molecule has 4 nitrogen and oxygen atoms in total. The molecule has 0 radical (unpaired) electrons. The van der Waals surface area contributed by atoms with E-state index in [0.29, 0.717) is 13.1 Å². The first kappa shape index (κ1) is 9.85. The third-order valence-electron chi connectivity index (χ3n) is 2.29. The van der Waals surface area contributed by atoms with E-state index < -0.39 is 0 Å². The number of likely N-dealkylation sites (tertiary alicyclic amines) is 1. The van der Waals surface area contributed by atoms with Gasteiger partial charge in [0.05, 0.1) is 19.1 Å². The van der Waals surface area contributed by atoms with E-state index >= 15 is 0 Å². The van der Waals surface area contributed by atoms with Crippen LogP contribution in [0, 0.1) is 17.2 Å². The molecule has 72 valence electrons. The number of amides is 1. The summed E-state index contributed by atoms with van der Waals surface area (Å²) in [6.45, 7) is 1.23. The largest absolute Gasteiger partial charge is 0.453 e. The third kappa shape index (κ3) is 2.62. The molecule has 1 heterocycles. The Morgan fingerprint density at radius 2 is 2.38 bits per heavy atom. The van der Waals surface area contributed by atoms with Crippen molar-refractivity contribution >= 4 is 6.09 Å². The number of carbonyl (C=O) groups is 1. The highest BCUT2D eigenvalue weighted by molar-refractivity contribution is 5.67. The molecule has 1 unspecified atom stereocenters. The zero-order valence-electron chi connectivity index (χ0n) is 7.82. The van der Waals surface area contributed by atoms with Crippen molar-refractivity contribution < 1.29 is 9.53 Å². The number of ether oxygens (including phenoxy) is 1. The van der Waals surface area contributed by atoms with Gasteiger partial charge in [-0.2, -0.15) is 5.26 Å². The predicted molar refractivity (Wildman–Crippen MR) is 46.9 cm³/mol. The molecule has 0 aromatic carbocycles. The summed E-state index contributed by atoms with van der Waals surface area (Å²) in [6.07, 6.45) is 2.56. The van der Waals surface area contributed by atoms with Crippen LogP contribution in [0.2, 0.25) is 0 Å². The van der Waals surface area contributed by atoms with Crippen LogP contribution in [0.25, 0.3) is 0 Å². The van der Waals surface area contributed by atoms with Crippen molar-refractivity contribution in [1.82, 2.24) is 4.90 Å². The molecule has 1 saturated heterocycles. The quantitative estimate of drug-likeness (QED) is 0.568. The molecule has 1 amide bonds. The number of nitrogens with zero attached hydrogens (tertiary/aromatic N) is 2. The van der Waals surface area contributed by atoms with Gasteiger partial charge in [-0.15, -0.1) is 0 Å². The minimum atomic E-state index is -0.317. The summed E-state index contributed by atoms with van der Waals surface area (Å²) in [4.78, 5) is 12.8. The molecule has 1 aliphatic heterocycles. The summed E-state index contributed by atoms with van der Waals surface area (Å²) in [5, 5.41) is 8.76. The molecule has 4 heteroatoms. The van der Waals surface area contributed by atoms with E-state index in [1.807, 2.05) is 0 Å². The van der Waals surface area contributed by atoms with E-state index in [2.05, 4.69) is 10.8 Å². The Morgan fingerprint density at radius 3 is 3.00 bits per heavy atom. The molecule has 13 heavy (non-hydrogen) atoms. The summed E-state index contributed by atoms with van der Waals surface area (Å²) in [6, 6.07) is 2.20. The number of methoxy groups -OCH3 is 1. The standard InChI is InChI=1S/C9H14N2O2/c1-13-9(12)11-5-3-2-4-8(6-10)7-11/h8H,2-5,7H2,1H3. The Balaban J connectivity index is 2.54. The van der Waals surface area contributed by atoms with E-state index in [0.717, 1.165) is 19.3 Å². The molecule has 0 aromatic heterocycles. The second-order valence-electron chi connectivity index (χ2n) is 3.24. The zero-order chi connectivity index (χ0) is 9.68. The first-order valence-corrected chi connectivity index (χ1v) is 4.50. The van der Waals surface area contributed by atoms with Gasteiger partial charge in [-0.1, -0.05) is 6.42 Å². The lowest BCUT2D eigenvalue weighted by molar-refractivity contribution is 0.122. The number of nitriles is 1. The normalized spacial score (nSPS) is 23.1. The van der Waals surface area contributed by atoms with E-state index in [4.69, 9.17) is 5.26 Å². The summed E-state index contributed by atoms with van der Waals surface area (Å²) >= 11 is 0. The number of hydrogen-bond acceptors (Lipinski definition) is 3. The smallest absolute Gasteiger partial charge is 0.409 e. The van der Waals surface area contributed by atoms with Crippen LogP contribution in [0.15, 0.2) is 0 Å². The van der Waals surface area contributed by atoms with E-state index in [1.54, 1.807) is 4.90 Å². The fraction of sp³-hybridized carbons (Fsp3) is 0.778. The van der Waals surface area contributed by atoms with E-state index in [-0.39, 0.29) is 12.0 Å². The number of hydrogen-bond donors (Lipinski definition) is 0. The van der Waals surface area contributed by atoms with Gasteiger partial charge in [0.15, 0.2) is 0 Å². The van der Waals surface area contributed by atoms with Crippen LogP contribution in [0.4, 0.5) is 4.79 Å². The van der Waals surface area contributed by atoms with Crippen LogP contribution in [0.3, 0.4) is 0 Å². The molecule has 0 spiro atoms. The first-order chi connectivity index (χ1) is 6.27. The SMILES string of the molecule is COC(=O)N1CCCCC(C#N)C1. The zero-order valence-corrected chi connectivity index (χ0v) is 7.82. The maximum Gasteiger partial charge on any atom is 0.409 e. The lowest BCUT2D eigenvalue weighted by Gasteiger charge is -2.19. The highest BCUT2D eigenvalue weighted by atomic mass is 16.5. The van der Waals surface area contributed by atoms with Gasteiger partial charge in [-0.3, -0.25) is 0 Å². The number of rotatable bonds is 0. The molecule has 1 atom stereocenters. The summed E-state index contributed by atoms with van der Waals surface area (Å²) in [5.41, 5.74) is 0. The van der Waals surface area contributed by atoms with Gasteiger partial charge >= 0.3 is 6.09 Å². The lowest BCUT2D eigenvalue weighted by Crippen LogP contribution is -2.34. The topological polar surface area (TPSA) is 53.3 Å². The van der Waals surface area contributed by atoms with Crippen molar-refractivity contribution in [2.75, 3.05) is 20.2 Å². The van der Waals surface area contributed by atoms with Crippen LogP contribution >= 0.6 is 0 Å². The van der Waals surface area contributed by atoms with E-state index in [1.165, 1.54) is 7.11 Å². The van der Waals surface area contributed by atoms with E-state index in [9.17, 15) is 4.79 Å². The van der Waals surface area contributed by atoms with Crippen LogP contribution in [0.5, 0.6) is 0 Å². The lowest BCUT2D eigenvalue weighted by atomic mass is 10.1. The average Bonchev–Trinajstić information content (AvgIpc) is 2.41. The Kier molecular flexibility index (Phi) is 3.56. The van der Waals surface area contributed by atoms with Gasteiger partial charge in [-0.05, 0) is 12.8 Å². The fourth-order valence-corrected chi connectivity index (χ4v) is 1.54. The van der Waals surface area contributed by atoms with Crippen LogP contribution in [-0.2, 0) is 4.74 Å². The molecule has 0 aliphatic carbocycles. The highest BCUT2D eigenvalue weighted by Gasteiger charge is 2.21. The van der Waals surface area contributed by atoms with Crippen LogP contribution in [-0.4, -0.2) is 31.2 Å². The number of carbonyl (C=O) groups excluding carboxylic acids is 1. The second kappa shape index (κ2) is 4.70. The molecule has 1 fully saturated rings. The molecule has 0 N–H and O–H groups in total. The first-order valence-electron chi connectivity index (χ1n) is 4.50. The van der Waals surface area contributed by atoms with Gasteiger partial charge < -0.3 is 9.64 Å². The van der Waals surface area contributed by atoms with Gasteiger partial charge in [0.2, 0.25) is 0 Å². The van der Waals surface area contributed by atoms with Crippen molar-refractivity contribution in [3.63, 3.8) is 0 Å². The fourth-order valence-electron chi connectivity index (χ4n) is 1.54. The Hall–Kier alpha value is -1.24. The summed E-state index contributed by atoms with van der Waals surface area (Å²) in [7, 11) is 1.37. The Labute approximate surface area is 78.1 Å². The van der Waals surface area contributed by atoms with Crippen molar-refractivity contribution in [3.05, 3.63) is 0 Å². The molecule has 1 rings (SSSR count). The van der Waals surface area contributed by atoms with Crippen molar-refractivity contribution in [2.24, 2.45) is 5.92 Å². The van der Waals surface area contributed by atoms with Crippen molar-refractivity contribution in [2.45, 2.75) is 19.3 Å². The van der Waals surface area contributed by atoms with Gasteiger partial charge in [0, 0.05) is 13.1 Å². The van der Waals surface area contributed by atoms with Gasteiger partial charge in [-0.25, -0.2) is 4.79 Å². The molecular weight excluding hydrogens is 168 g/mol. The molecule has 1 aliphatic rings. The van der Waals surface area contributed by atoms with Crippen molar-refractivity contribution in [1.29, 1.82) is 5.26 Å². The summed E-state index contributed by atoms with van der Waals surface area (Å²) < 4.78 is 4.62. The monoisotopic (exact) mass is 182 g/mol. The maximum absolute atomic E-state index is 11.2. The molecule has 0 saturated carbocycles. The Bertz CT molecular complexity index is 222. The Morgan fingerprint density at radius 1 is 1.62 bits per heavy atom. The molecular formula is C9H14N2O2. The molecule has 0 bridgehead atoms. The molecule has 0 aromatic rings. The predicted octanol–water partition coefficient (Wildman–Crippen LogP) is 1.38. The van der Waals surface area contributed by atoms with Crippen LogP contribution < -0.4 is 0 Å². The minimum Gasteiger partial charge on any atom is -0.453 e. The summed E-state index contributed by atoms with van der Waals surface area (Å²) in [5.74, 6) is -0.0263. The second-order valence-corrected chi connectivity index (χ2v) is 3.24. The average molecular weight is 182 g/mol. The maximum atomic E-state index is 11.2. The van der Waals surface area contributed by atoms with Crippen molar-refractivity contribution in [3.8, 4) is 6.07 Å². The van der Waals surface area contributed by atoms with Crippen LogP contribution in [0.1, 0.15) is 19.3 Å². The van der Waals surface area contributed by atoms with Gasteiger partial charge in [0.25, 0.3) is 0 Å². The third-order valence-corrected chi connectivity index (χ3v) is 2.29. The minimum absolute atomic E-state index is 0.0263. The van der Waals surface area contributed by atoms with Gasteiger partial charge in [0.1, 0.15) is 0 Å². The highest BCUT2D eigenvalue weighted by Crippen LogP contribution is 2.15.